The first kappa shape index (κ1) is 14.3. The molecule has 2 rings (SSSR count). The normalized spacial score (nSPS) is 10.2. The molecule has 0 unspecified atom stereocenters. The van der Waals surface area contributed by atoms with Gasteiger partial charge in [-0.25, -0.2) is 9.18 Å². The number of hydrogen-bond donors (Lipinski definition) is 1. The van der Waals surface area contributed by atoms with Crippen LogP contribution >= 0.6 is 11.6 Å². The van der Waals surface area contributed by atoms with Crippen LogP contribution in [0.3, 0.4) is 0 Å². The van der Waals surface area contributed by atoms with Crippen molar-refractivity contribution in [3.05, 3.63) is 58.6 Å². The molecule has 0 spiro atoms. The lowest BCUT2D eigenvalue weighted by Gasteiger charge is -2.08. The van der Waals surface area contributed by atoms with Gasteiger partial charge in [-0.15, -0.1) is 0 Å². The Morgan fingerprint density at radius 3 is 2.85 bits per heavy atom. The summed E-state index contributed by atoms with van der Waals surface area (Å²) in [5, 5.41) is 3.41. The van der Waals surface area contributed by atoms with Crippen LogP contribution in [-0.2, 0) is 11.3 Å². The molecule has 0 amide bonds. The van der Waals surface area contributed by atoms with Crippen molar-refractivity contribution < 1.29 is 13.9 Å². The van der Waals surface area contributed by atoms with E-state index < -0.39 is 5.97 Å². The number of pyridine rings is 1. The molecule has 1 N–H and O–H groups in total. The molecule has 4 nitrogen and oxygen atoms in total. The van der Waals surface area contributed by atoms with Gasteiger partial charge in [-0.05, 0) is 30.3 Å². The monoisotopic (exact) mass is 294 g/mol. The molecule has 104 valence electrons. The highest BCUT2D eigenvalue weighted by Gasteiger charge is 2.06. The Morgan fingerprint density at radius 1 is 1.40 bits per heavy atom. The summed E-state index contributed by atoms with van der Waals surface area (Å²) in [6.45, 7) is 0.366. The molecule has 1 aromatic carbocycles. The SMILES string of the molecule is COC(=O)c1ccc(CNc2cc(F)ccc2Cl)nc1. The molecule has 0 fully saturated rings. The second-order valence-electron chi connectivity index (χ2n) is 4.01. The van der Waals surface area contributed by atoms with Crippen LogP contribution in [0.15, 0.2) is 36.5 Å². The van der Waals surface area contributed by atoms with Crippen LogP contribution in [-0.4, -0.2) is 18.1 Å². The highest BCUT2D eigenvalue weighted by Crippen LogP contribution is 2.22. The Kier molecular flexibility index (Phi) is 4.53. The smallest absolute Gasteiger partial charge is 0.339 e. The number of carbonyl (C=O) groups excluding carboxylic acids is 1. The van der Waals surface area contributed by atoms with Gasteiger partial charge in [0.05, 0.1) is 35.6 Å². The fourth-order valence-corrected chi connectivity index (χ4v) is 1.77. The maximum Gasteiger partial charge on any atom is 0.339 e. The van der Waals surface area contributed by atoms with Gasteiger partial charge in [0.15, 0.2) is 0 Å². The number of methoxy groups -OCH3 is 1. The van der Waals surface area contributed by atoms with Crippen molar-refractivity contribution in [1.29, 1.82) is 0 Å². The average molecular weight is 295 g/mol. The number of hydrogen-bond acceptors (Lipinski definition) is 4. The number of esters is 1. The molecule has 1 aromatic heterocycles. The first-order valence-corrected chi connectivity index (χ1v) is 6.20. The van der Waals surface area contributed by atoms with E-state index in [2.05, 4.69) is 15.0 Å². The van der Waals surface area contributed by atoms with Crippen LogP contribution < -0.4 is 5.32 Å². The fourth-order valence-electron chi connectivity index (χ4n) is 1.59. The minimum atomic E-state index is -0.440. The maximum atomic E-state index is 13.1. The van der Waals surface area contributed by atoms with E-state index in [0.29, 0.717) is 28.5 Å². The van der Waals surface area contributed by atoms with E-state index in [-0.39, 0.29) is 5.82 Å². The zero-order chi connectivity index (χ0) is 14.5. The molecule has 0 aliphatic carbocycles. The predicted molar refractivity (Wildman–Crippen MR) is 74.3 cm³/mol. The van der Waals surface area contributed by atoms with E-state index in [0.717, 1.165) is 0 Å². The van der Waals surface area contributed by atoms with Crippen molar-refractivity contribution in [2.24, 2.45) is 0 Å². The summed E-state index contributed by atoms with van der Waals surface area (Å²) in [6, 6.07) is 7.38. The first-order valence-electron chi connectivity index (χ1n) is 5.82. The zero-order valence-corrected chi connectivity index (χ0v) is 11.4. The molecule has 0 saturated carbocycles. The zero-order valence-electron chi connectivity index (χ0n) is 10.7. The van der Waals surface area contributed by atoms with Gasteiger partial charge < -0.3 is 10.1 Å². The Bertz CT molecular complexity index is 617. The van der Waals surface area contributed by atoms with Gasteiger partial charge in [0.2, 0.25) is 0 Å². The van der Waals surface area contributed by atoms with Gasteiger partial charge in [0.1, 0.15) is 5.82 Å². The fraction of sp³-hybridized carbons (Fsp3) is 0.143. The maximum absolute atomic E-state index is 13.1. The third-order valence-electron chi connectivity index (χ3n) is 2.63. The molecular formula is C14H12ClFN2O2. The second-order valence-corrected chi connectivity index (χ2v) is 4.41. The minimum Gasteiger partial charge on any atom is -0.465 e. The second kappa shape index (κ2) is 6.34. The third-order valence-corrected chi connectivity index (χ3v) is 2.96. The number of aromatic nitrogens is 1. The molecule has 0 aliphatic rings. The van der Waals surface area contributed by atoms with Gasteiger partial charge in [-0.1, -0.05) is 11.6 Å². The lowest BCUT2D eigenvalue weighted by molar-refractivity contribution is 0.0600. The van der Waals surface area contributed by atoms with Gasteiger partial charge in [-0.3, -0.25) is 4.98 Å². The van der Waals surface area contributed by atoms with Crippen molar-refractivity contribution in [2.45, 2.75) is 6.54 Å². The van der Waals surface area contributed by atoms with E-state index in [4.69, 9.17) is 11.6 Å². The van der Waals surface area contributed by atoms with Crippen LogP contribution in [0.4, 0.5) is 10.1 Å². The van der Waals surface area contributed by atoms with E-state index in [1.165, 1.54) is 31.5 Å². The lowest BCUT2D eigenvalue weighted by atomic mass is 10.2. The number of nitrogens with one attached hydrogen (secondary N) is 1. The summed E-state index contributed by atoms with van der Waals surface area (Å²) in [6.07, 6.45) is 1.43. The number of ether oxygens (including phenoxy) is 1. The van der Waals surface area contributed by atoms with Gasteiger partial charge in [0, 0.05) is 6.20 Å². The Hall–Kier alpha value is -2.14. The molecule has 1 heterocycles. The lowest BCUT2D eigenvalue weighted by Crippen LogP contribution is -2.05. The van der Waals surface area contributed by atoms with Crippen molar-refractivity contribution in [1.82, 2.24) is 4.98 Å². The summed E-state index contributed by atoms with van der Waals surface area (Å²) >= 11 is 5.94. The highest BCUT2D eigenvalue weighted by molar-refractivity contribution is 6.33. The Balaban J connectivity index is 2.04. The van der Waals surface area contributed by atoms with Gasteiger partial charge in [-0.2, -0.15) is 0 Å². The summed E-state index contributed by atoms with van der Waals surface area (Å²) < 4.78 is 17.7. The van der Waals surface area contributed by atoms with E-state index >= 15 is 0 Å². The molecule has 0 radical (unpaired) electrons. The van der Waals surface area contributed by atoms with Crippen LogP contribution in [0, 0.1) is 5.82 Å². The van der Waals surface area contributed by atoms with Crippen LogP contribution in [0.2, 0.25) is 5.02 Å². The van der Waals surface area contributed by atoms with Crippen molar-refractivity contribution >= 4 is 23.3 Å². The molecule has 20 heavy (non-hydrogen) atoms. The molecule has 0 bridgehead atoms. The summed E-state index contributed by atoms with van der Waals surface area (Å²) in [4.78, 5) is 15.4. The summed E-state index contributed by atoms with van der Waals surface area (Å²) in [7, 11) is 1.31. The third kappa shape index (κ3) is 3.45. The van der Waals surface area contributed by atoms with Crippen LogP contribution in [0.25, 0.3) is 0 Å². The van der Waals surface area contributed by atoms with Gasteiger partial charge >= 0.3 is 5.97 Å². The largest absolute Gasteiger partial charge is 0.465 e. The number of nitrogens with zero attached hydrogens (tertiary/aromatic N) is 1. The standard InChI is InChI=1S/C14H12ClFN2O2/c1-20-14(19)9-2-4-11(17-7-9)8-18-13-6-10(16)3-5-12(13)15/h2-7,18H,8H2,1H3. The van der Waals surface area contributed by atoms with Crippen molar-refractivity contribution in [3.8, 4) is 0 Å². The van der Waals surface area contributed by atoms with Crippen LogP contribution in [0.5, 0.6) is 0 Å². The first-order chi connectivity index (χ1) is 9.60. The number of benzene rings is 1. The Labute approximate surface area is 120 Å². The van der Waals surface area contributed by atoms with Crippen molar-refractivity contribution in [2.75, 3.05) is 12.4 Å². The van der Waals surface area contributed by atoms with Crippen molar-refractivity contribution in [3.63, 3.8) is 0 Å². The van der Waals surface area contributed by atoms with E-state index in [1.807, 2.05) is 0 Å². The van der Waals surface area contributed by atoms with Crippen LogP contribution in [0.1, 0.15) is 16.1 Å². The molecular weight excluding hydrogens is 283 g/mol. The van der Waals surface area contributed by atoms with Gasteiger partial charge in [0.25, 0.3) is 0 Å². The summed E-state index contributed by atoms with van der Waals surface area (Å²) in [5.74, 6) is -0.809. The molecule has 0 atom stereocenters. The average Bonchev–Trinajstić information content (AvgIpc) is 2.48. The molecule has 2 aromatic rings. The number of rotatable bonds is 4. The minimum absolute atomic E-state index is 0.366. The quantitative estimate of drug-likeness (QED) is 0.879. The van der Waals surface area contributed by atoms with E-state index in [1.54, 1.807) is 12.1 Å². The topological polar surface area (TPSA) is 51.2 Å². The number of halogens is 2. The predicted octanol–water partition coefficient (Wildman–Crippen LogP) is 3.27. The number of anilines is 1. The molecule has 6 heteroatoms. The molecule has 0 aliphatic heterocycles. The highest BCUT2D eigenvalue weighted by atomic mass is 35.5. The molecule has 0 saturated heterocycles. The Morgan fingerprint density at radius 2 is 2.20 bits per heavy atom. The summed E-state index contributed by atoms with van der Waals surface area (Å²) in [5.41, 5.74) is 1.56. The van der Waals surface area contributed by atoms with E-state index in [9.17, 15) is 9.18 Å². The number of carbonyl (C=O) groups is 1.